The molecule has 3 aromatic heterocycles. The molecule has 0 aliphatic heterocycles. The SMILES string of the molecule is Cc1nn(-c2ccccc2)c2nc(-c3ccccc3)cc(C(=O)OCC(=O)c3c(N)n(C)c(=O)n(C)c3=O)c12. The minimum atomic E-state index is -0.866. The lowest BCUT2D eigenvalue weighted by atomic mass is 10.1. The van der Waals surface area contributed by atoms with E-state index in [0.29, 0.717) is 22.4 Å². The van der Waals surface area contributed by atoms with Crippen LogP contribution in [0.5, 0.6) is 0 Å². The van der Waals surface area contributed by atoms with Gasteiger partial charge in [0.2, 0.25) is 5.78 Å². The molecule has 0 amide bonds. The molecule has 2 aromatic carbocycles. The van der Waals surface area contributed by atoms with E-state index in [1.54, 1.807) is 17.7 Å². The van der Waals surface area contributed by atoms with Crippen LogP contribution in [0.3, 0.4) is 0 Å². The molecule has 0 atom stereocenters. The lowest BCUT2D eigenvalue weighted by molar-refractivity contribution is 0.0476. The molecule has 11 nitrogen and oxygen atoms in total. The average molecular weight is 525 g/mol. The number of hydrogen-bond acceptors (Lipinski definition) is 8. The van der Waals surface area contributed by atoms with Gasteiger partial charge < -0.3 is 10.5 Å². The predicted octanol–water partition coefficient (Wildman–Crippen LogP) is 2.42. The van der Waals surface area contributed by atoms with E-state index < -0.39 is 35.2 Å². The van der Waals surface area contributed by atoms with Crippen LogP contribution in [0.15, 0.2) is 76.3 Å². The number of ether oxygens (including phenoxy) is 1. The number of carbonyl (C=O) groups is 2. The number of nitrogen functional groups attached to an aromatic ring is 1. The average Bonchev–Trinajstić information content (AvgIpc) is 3.30. The zero-order valence-electron chi connectivity index (χ0n) is 21.4. The summed E-state index contributed by atoms with van der Waals surface area (Å²) >= 11 is 0. The Labute approximate surface area is 221 Å². The standard InChI is InChI=1S/C28H24N6O5/c1-16-22-19(27(37)39-15-21(35)23-24(29)32(2)28(38)33(3)26(23)36)14-20(17-10-6-4-7-11-17)30-25(22)34(31-16)18-12-8-5-9-13-18/h4-14H,15,29H2,1-3H3. The summed E-state index contributed by atoms with van der Waals surface area (Å²) in [4.78, 5) is 55.8. The monoisotopic (exact) mass is 524 g/mol. The number of fused-ring (bicyclic) bond motifs is 1. The van der Waals surface area contributed by atoms with Gasteiger partial charge in [-0.05, 0) is 25.1 Å². The van der Waals surface area contributed by atoms with Crippen molar-refractivity contribution >= 4 is 28.6 Å². The van der Waals surface area contributed by atoms with Crippen molar-refractivity contribution in [3.05, 3.63) is 104 Å². The van der Waals surface area contributed by atoms with Gasteiger partial charge in [-0.2, -0.15) is 5.10 Å². The molecule has 11 heteroatoms. The third-order valence-electron chi connectivity index (χ3n) is 6.43. The molecule has 0 bridgehead atoms. The molecule has 5 rings (SSSR count). The molecule has 3 heterocycles. The molecule has 0 radical (unpaired) electrons. The highest BCUT2D eigenvalue weighted by atomic mass is 16.5. The molecule has 0 fully saturated rings. The van der Waals surface area contributed by atoms with Crippen LogP contribution >= 0.6 is 0 Å². The second-order valence-corrected chi connectivity index (χ2v) is 8.92. The number of Topliss-reactive ketones (excluding diaryl/α,β-unsaturated/α-hetero) is 1. The Morgan fingerprint density at radius 1 is 0.949 bits per heavy atom. The Bertz CT molecular complexity index is 1870. The number of benzene rings is 2. The first-order valence-electron chi connectivity index (χ1n) is 12.0. The summed E-state index contributed by atoms with van der Waals surface area (Å²) in [6.07, 6.45) is 0. The van der Waals surface area contributed by atoms with E-state index in [9.17, 15) is 19.2 Å². The molecule has 0 saturated heterocycles. The lowest BCUT2D eigenvalue weighted by Crippen LogP contribution is -2.42. The van der Waals surface area contributed by atoms with Crippen LogP contribution in [0.4, 0.5) is 5.82 Å². The van der Waals surface area contributed by atoms with Crippen LogP contribution in [0.1, 0.15) is 26.4 Å². The summed E-state index contributed by atoms with van der Waals surface area (Å²) < 4.78 is 8.79. The Kier molecular flexibility index (Phi) is 6.40. The number of hydrogen-bond donors (Lipinski definition) is 1. The fraction of sp³-hybridized carbons (Fsp3) is 0.143. The van der Waals surface area contributed by atoms with Crippen LogP contribution < -0.4 is 17.0 Å². The summed E-state index contributed by atoms with van der Waals surface area (Å²) in [5.41, 5.74) is 7.08. The van der Waals surface area contributed by atoms with Gasteiger partial charge in [0.25, 0.3) is 5.56 Å². The molecule has 0 unspecified atom stereocenters. The van der Waals surface area contributed by atoms with Gasteiger partial charge in [0.1, 0.15) is 11.4 Å². The molecule has 2 N–H and O–H groups in total. The minimum absolute atomic E-state index is 0.160. The minimum Gasteiger partial charge on any atom is -0.454 e. The summed E-state index contributed by atoms with van der Waals surface area (Å²) in [5.74, 6) is -1.94. The van der Waals surface area contributed by atoms with E-state index in [4.69, 9.17) is 15.5 Å². The molecule has 39 heavy (non-hydrogen) atoms. The van der Waals surface area contributed by atoms with Crippen molar-refractivity contribution in [3.8, 4) is 16.9 Å². The summed E-state index contributed by atoms with van der Waals surface area (Å²) in [7, 11) is 2.57. The maximum absolute atomic E-state index is 13.4. The van der Waals surface area contributed by atoms with E-state index in [2.05, 4.69) is 5.10 Å². The number of nitrogens with two attached hydrogens (primary N) is 1. The van der Waals surface area contributed by atoms with Crippen molar-refractivity contribution in [3.63, 3.8) is 0 Å². The van der Waals surface area contributed by atoms with Crippen molar-refractivity contribution in [2.24, 2.45) is 14.1 Å². The van der Waals surface area contributed by atoms with Gasteiger partial charge in [-0.1, -0.05) is 48.5 Å². The topological polar surface area (TPSA) is 144 Å². The van der Waals surface area contributed by atoms with Crippen LogP contribution in [0.2, 0.25) is 0 Å². The number of para-hydroxylation sites is 1. The quantitative estimate of drug-likeness (QED) is 0.263. The molecular formula is C28H24N6O5. The Morgan fingerprint density at radius 2 is 1.59 bits per heavy atom. The number of esters is 1. The first kappa shape index (κ1) is 25.3. The van der Waals surface area contributed by atoms with Gasteiger partial charge in [0.05, 0.1) is 28.0 Å². The molecule has 0 aliphatic rings. The van der Waals surface area contributed by atoms with Gasteiger partial charge in [-0.25, -0.2) is 19.3 Å². The van der Waals surface area contributed by atoms with Crippen molar-refractivity contribution in [1.82, 2.24) is 23.9 Å². The Morgan fingerprint density at radius 3 is 2.26 bits per heavy atom. The highest BCUT2D eigenvalue weighted by Gasteiger charge is 2.25. The third-order valence-corrected chi connectivity index (χ3v) is 6.43. The number of anilines is 1. The van der Waals surface area contributed by atoms with Crippen LogP contribution in [-0.2, 0) is 18.8 Å². The number of aromatic nitrogens is 5. The number of pyridine rings is 1. The maximum Gasteiger partial charge on any atom is 0.339 e. The highest BCUT2D eigenvalue weighted by molar-refractivity contribution is 6.07. The van der Waals surface area contributed by atoms with Crippen molar-refractivity contribution in [2.75, 3.05) is 12.3 Å². The van der Waals surface area contributed by atoms with Gasteiger partial charge >= 0.3 is 11.7 Å². The molecule has 0 aliphatic carbocycles. The second kappa shape index (κ2) is 9.86. The highest BCUT2D eigenvalue weighted by Crippen LogP contribution is 2.29. The lowest BCUT2D eigenvalue weighted by Gasteiger charge is -2.12. The number of nitrogens with zero attached hydrogens (tertiary/aromatic N) is 5. The van der Waals surface area contributed by atoms with Crippen LogP contribution in [0, 0.1) is 6.92 Å². The molecular weight excluding hydrogens is 500 g/mol. The van der Waals surface area contributed by atoms with Crippen molar-refractivity contribution in [2.45, 2.75) is 6.92 Å². The summed E-state index contributed by atoms with van der Waals surface area (Å²) in [6.45, 7) is 0.995. The Balaban J connectivity index is 1.58. The fourth-order valence-corrected chi connectivity index (χ4v) is 4.36. The number of carbonyl (C=O) groups excluding carboxylic acids is 2. The first-order chi connectivity index (χ1) is 18.7. The van der Waals surface area contributed by atoms with Gasteiger partial charge in [-0.3, -0.25) is 18.7 Å². The smallest absolute Gasteiger partial charge is 0.339 e. The van der Waals surface area contributed by atoms with E-state index in [0.717, 1.165) is 20.4 Å². The van der Waals surface area contributed by atoms with Crippen LogP contribution in [-0.4, -0.2) is 42.3 Å². The molecule has 5 aromatic rings. The van der Waals surface area contributed by atoms with Crippen molar-refractivity contribution < 1.29 is 14.3 Å². The zero-order valence-corrected chi connectivity index (χ0v) is 21.4. The summed E-state index contributed by atoms with van der Waals surface area (Å²) in [5, 5.41) is 5.08. The second-order valence-electron chi connectivity index (χ2n) is 8.92. The number of aryl methyl sites for hydroxylation is 1. The van der Waals surface area contributed by atoms with Gasteiger partial charge in [0.15, 0.2) is 12.3 Å². The van der Waals surface area contributed by atoms with E-state index in [1.165, 1.54) is 14.1 Å². The maximum atomic E-state index is 13.4. The van der Waals surface area contributed by atoms with E-state index >= 15 is 0 Å². The van der Waals surface area contributed by atoms with Gasteiger partial charge in [-0.15, -0.1) is 0 Å². The van der Waals surface area contributed by atoms with E-state index in [-0.39, 0.29) is 11.4 Å². The third kappa shape index (κ3) is 4.39. The number of rotatable bonds is 6. The Hall–Kier alpha value is -5.32. The number of ketones is 1. The fourth-order valence-electron chi connectivity index (χ4n) is 4.36. The normalized spacial score (nSPS) is 11.1. The van der Waals surface area contributed by atoms with Crippen LogP contribution in [0.25, 0.3) is 28.0 Å². The van der Waals surface area contributed by atoms with Crippen molar-refractivity contribution in [1.29, 1.82) is 0 Å². The predicted molar refractivity (Wildman–Crippen MR) is 145 cm³/mol. The molecule has 0 spiro atoms. The molecule has 196 valence electrons. The molecule has 0 saturated carbocycles. The first-order valence-corrected chi connectivity index (χ1v) is 12.0. The van der Waals surface area contributed by atoms with E-state index in [1.807, 2.05) is 60.7 Å². The summed E-state index contributed by atoms with van der Waals surface area (Å²) in [6, 6.07) is 20.3. The largest absolute Gasteiger partial charge is 0.454 e. The zero-order chi connectivity index (χ0) is 27.8. The van der Waals surface area contributed by atoms with Gasteiger partial charge in [0, 0.05) is 19.7 Å².